The lowest BCUT2D eigenvalue weighted by molar-refractivity contribution is 0.245. The van der Waals surface area contributed by atoms with Crippen molar-refractivity contribution in [3.8, 4) is 0 Å². The van der Waals surface area contributed by atoms with Crippen LogP contribution in [0.1, 0.15) is 16.9 Å². The standard InChI is InChI=1S/C10H17NOS/c1-9-4-7-13-10(9)8-11(2)5-3-6-12/h4,7,12H,3,5-6,8H2,1-2H3. The zero-order chi connectivity index (χ0) is 9.68. The van der Waals surface area contributed by atoms with E-state index in [1.54, 1.807) is 0 Å². The van der Waals surface area contributed by atoms with E-state index in [9.17, 15) is 0 Å². The first kappa shape index (κ1) is 10.7. The Morgan fingerprint density at radius 1 is 1.54 bits per heavy atom. The largest absolute Gasteiger partial charge is 0.396 e. The topological polar surface area (TPSA) is 23.5 Å². The molecule has 0 atom stereocenters. The van der Waals surface area contributed by atoms with Gasteiger partial charge in [-0.3, -0.25) is 0 Å². The summed E-state index contributed by atoms with van der Waals surface area (Å²) >= 11 is 1.81. The fourth-order valence-electron chi connectivity index (χ4n) is 1.23. The van der Waals surface area contributed by atoms with Gasteiger partial charge >= 0.3 is 0 Å². The smallest absolute Gasteiger partial charge is 0.0443 e. The van der Waals surface area contributed by atoms with Crippen molar-refractivity contribution < 1.29 is 5.11 Å². The summed E-state index contributed by atoms with van der Waals surface area (Å²) in [5.41, 5.74) is 1.38. The number of aliphatic hydroxyl groups is 1. The number of nitrogens with zero attached hydrogens (tertiary/aromatic N) is 1. The Morgan fingerprint density at radius 3 is 2.85 bits per heavy atom. The molecule has 1 rings (SSSR count). The SMILES string of the molecule is Cc1ccsc1CN(C)CCCO. The van der Waals surface area contributed by atoms with Gasteiger partial charge in [-0.15, -0.1) is 11.3 Å². The van der Waals surface area contributed by atoms with E-state index in [2.05, 4.69) is 30.3 Å². The van der Waals surface area contributed by atoms with Crippen LogP contribution in [0.2, 0.25) is 0 Å². The zero-order valence-corrected chi connectivity index (χ0v) is 9.10. The molecule has 0 radical (unpaired) electrons. The molecule has 1 heterocycles. The Kier molecular flexibility index (Phi) is 4.42. The van der Waals surface area contributed by atoms with E-state index in [0.717, 1.165) is 19.5 Å². The fourth-order valence-corrected chi connectivity index (χ4v) is 2.22. The van der Waals surface area contributed by atoms with Gasteiger partial charge in [0.2, 0.25) is 0 Å². The quantitative estimate of drug-likeness (QED) is 0.782. The van der Waals surface area contributed by atoms with E-state index in [4.69, 9.17) is 5.11 Å². The summed E-state index contributed by atoms with van der Waals surface area (Å²) < 4.78 is 0. The highest BCUT2D eigenvalue weighted by Gasteiger charge is 2.03. The summed E-state index contributed by atoms with van der Waals surface area (Å²) in [5.74, 6) is 0. The highest BCUT2D eigenvalue weighted by molar-refractivity contribution is 7.10. The van der Waals surface area contributed by atoms with Gasteiger partial charge in [0.1, 0.15) is 0 Å². The summed E-state index contributed by atoms with van der Waals surface area (Å²) in [6.07, 6.45) is 0.862. The molecular weight excluding hydrogens is 182 g/mol. The van der Waals surface area contributed by atoms with Gasteiger partial charge in [-0.25, -0.2) is 0 Å². The summed E-state index contributed by atoms with van der Waals surface area (Å²) in [7, 11) is 2.09. The molecule has 0 saturated heterocycles. The molecule has 1 aromatic rings. The second kappa shape index (κ2) is 5.37. The first-order chi connectivity index (χ1) is 6.24. The Bertz CT molecular complexity index is 247. The van der Waals surface area contributed by atoms with Gasteiger partial charge in [0.15, 0.2) is 0 Å². The van der Waals surface area contributed by atoms with E-state index in [1.807, 2.05) is 11.3 Å². The van der Waals surface area contributed by atoms with Crippen LogP contribution in [0.5, 0.6) is 0 Å². The van der Waals surface area contributed by atoms with Crippen molar-refractivity contribution >= 4 is 11.3 Å². The van der Waals surface area contributed by atoms with Crippen LogP contribution in [0.3, 0.4) is 0 Å². The average Bonchev–Trinajstić information content (AvgIpc) is 2.48. The van der Waals surface area contributed by atoms with Gasteiger partial charge in [0.25, 0.3) is 0 Å². The maximum Gasteiger partial charge on any atom is 0.0443 e. The van der Waals surface area contributed by atoms with Gasteiger partial charge < -0.3 is 10.0 Å². The van der Waals surface area contributed by atoms with E-state index < -0.39 is 0 Å². The molecule has 0 aliphatic rings. The number of aryl methyl sites for hydroxylation is 1. The van der Waals surface area contributed by atoms with Crippen LogP contribution in [0.4, 0.5) is 0 Å². The van der Waals surface area contributed by atoms with Crippen molar-refractivity contribution in [2.75, 3.05) is 20.2 Å². The second-order valence-electron chi connectivity index (χ2n) is 3.34. The fraction of sp³-hybridized carbons (Fsp3) is 0.600. The third-order valence-corrected chi connectivity index (χ3v) is 3.09. The summed E-state index contributed by atoms with van der Waals surface area (Å²) in [4.78, 5) is 3.68. The van der Waals surface area contributed by atoms with Crippen molar-refractivity contribution in [3.63, 3.8) is 0 Å². The van der Waals surface area contributed by atoms with Gasteiger partial charge in [-0.1, -0.05) is 0 Å². The second-order valence-corrected chi connectivity index (χ2v) is 4.34. The minimum atomic E-state index is 0.285. The monoisotopic (exact) mass is 199 g/mol. The number of aliphatic hydroxyl groups excluding tert-OH is 1. The Morgan fingerprint density at radius 2 is 2.31 bits per heavy atom. The van der Waals surface area contributed by atoms with Crippen LogP contribution in [0, 0.1) is 6.92 Å². The molecule has 0 aliphatic carbocycles. The predicted octanol–water partition coefficient (Wildman–Crippen LogP) is 1.87. The average molecular weight is 199 g/mol. The van der Waals surface area contributed by atoms with Gasteiger partial charge in [0, 0.05) is 24.6 Å². The Balaban J connectivity index is 2.36. The highest BCUT2D eigenvalue weighted by atomic mass is 32.1. The van der Waals surface area contributed by atoms with Crippen molar-refractivity contribution in [2.45, 2.75) is 19.9 Å². The summed E-state index contributed by atoms with van der Waals surface area (Å²) in [6, 6.07) is 2.15. The summed E-state index contributed by atoms with van der Waals surface area (Å²) in [6.45, 7) is 4.40. The number of thiophene rings is 1. The number of rotatable bonds is 5. The molecule has 0 fully saturated rings. The summed E-state index contributed by atoms with van der Waals surface area (Å²) in [5, 5.41) is 10.8. The molecule has 0 aliphatic heterocycles. The van der Waals surface area contributed by atoms with Crippen molar-refractivity contribution in [1.82, 2.24) is 4.90 Å². The maximum absolute atomic E-state index is 8.67. The van der Waals surface area contributed by atoms with Crippen molar-refractivity contribution in [3.05, 3.63) is 21.9 Å². The molecule has 0 unspecified atom stereocenters. The van der Waals surface area contributed by atoms with E-state index in [1.165, 1.54) is 10.4 Å². The van der Waals surface area contributed by atoms with E-state index >= 15 is 0 Å². The molecule has 13 heavy (non-hydrogen) atoms. The number of hydrogen-bond acceptors (Lipinski definition) is 3. The Labute approximate surface area is 83.8 Å². The van der Waals surface area contributed by atoms with Crippen LogP contribution in [-0.2, 0) is 6.54 Å². The van der Waals surface area contributed by atoms with Gasteiger partial charge in [0.05, 0.1) is 0 Å². The molecule has 0 saturated carbocycles. The van der Waals surface area contributed by atoms with Crippen LogP contribution in [0.25, 0.3) is 0 Å². The Hall–Kier alpha value is -0.380. The molecule has 2 nitrogen and oxygen atoms in total. The minimum absolute atomic E-state index is 0.285. The first-order valence-electron chi connectivity index (χ1n) is 4.56. The minimum Gasteiger partial charge on any atom is -0.396 e. The molecule has 0 spiro atoms. The molecule has 1 N–H and O–H groups in total. The molecule has 1 aromatic heterocycles. The first-order valence-corrected chi connectivity index (χ1v) is 5.44. The van der Waals surface area contributed by atoms with E-state index in [0.29, 0.717) is 0 Å². The zero-order valence-electron chi connectivity index (χ0n) is 8.29. The molecule has 0 aromatic carbocycles. The molecule has 3 heteroatoms. The van der Waals surface area contributed by atoms with Crippen LogP contribution < -0.4 is 0 Å². The third kappa shape index (κ3) is 3.46. The maximum atomic E-state index is 8.67. The lowest BCUT2D eigenvalue weighted by atomic mass is 10.3. The van der Waals surface area contributed by atoms with Crippen LogP contribution in [-0.4, -0.2) is 30.2 Å². The molecule has 74 valence electrons. The molecule has 0 bridgehead atoms. The highest BCUT2D eigenvalue weighted by Crippen LogP contribution is 2.16. The number of hydrogen-bond donors (Lipinski definition) is 1. The van der Waals surface area contributed by atoms with Crippen LogP contribution >= 0.6 is 11.3 Å². The normalized spacial score (nSPS) is 11.1. The van der Waals surface area contributed by atoms with Gasteiger partial charge in [-0.05, 0) is 37.4 Å². The lowest BCUT2D eigenvalue weighted by Crippen LogP contribution is -2.19. The van der Waals surface area contributed by atoms with Crippen LogP contribution in [0.15, 0.2) is 11.4 Å². The predicted molar refractivity (Wildman–Crippen MR) is 57.1 cm³/mol. The van der Waals surface area contributed by atoms with Gasteiger partial charge in [-0.2, -0.15) is 0 Å². The molecular formula is C10H17NOS. The van der Waals surface area contributed by atoms with Crippen molar-refractivity contribution in [2.24, 2.45) is 0 Å². The van der Waals surface area contributed by atoms with E-state index in [-0.39, 0.29) is 6.61 Å². The van der Waals surface area contributed by atoms with Crippen molar-refractivity contribution in [1.29, 1.82) is 0 Å². The lowest BCUT2D eigenvalue weighted by Gasteiger charge is -2.15. The third-order valence-electron chi connectivity index (χ3n) is 2.08. The molecule has 0 amide bonds.